The molecule has 1 aromatic rings. The molecule has 1 aromatic carbocycles. The standard InChI is InChI=1S/C16H28N2O/c1-12(2)11-18(13(3)4)15(10-17)14-8-6-7-9-16(14)19-5/h6-9,12-13,15H,10-11,17H2,1-5H3. The lowest BCUT2D eigenvalue weighted by Gasteiger charge is -2.36. The Kier molecular flexibility index (Phi) is 6.32. The zero-order chi connectivity index (χ0) is 14.4. The maximum Gasteiger partial charge on any atom is 0.123 e. The fourth-order valence-corrected chi connectivity index (χ4v) is 2.50. The van der Waals surface area contributed by atoms with Crippen LogP contribution in [0.15, 0.2) is 24.3 Å². The van der Waals surface area contributed by atoms with Crippen LogP contribution in [0, 0.1) is 5.92 Å². The summed E-state index contributed by atoms with van der Waals surface area (Å²) in [4.78, 5) is 2.46. The highest BCUT2D eigenvalue weighted by Gasteiger charge is 2.24. The fourth-order valence-electron chi connectivity index (χ4n) is 2.50. The fraction of sp³-hybridized carbons (Fsp3) is 0.625. The first-order chi connectivity index (χ1) is 9.01. The number of nitrogens with zero attached hydrogens (tertiary/aromatic N) is 1. The Labute approximate surface area is 117 Å². The van der Waals surface area contributed by atoms with Crippen molar-refractivity contribution in [1.29, 1.82) is 0 Å². The van der Waals surface area contributed by atoms with Gasteiger partial charge in [0.25, 0.3) is 0 Å². The Hall–Kier alpha value is -1.06. The van der Waals surface area contributed by atoms with E-state index in [4.69, 9.17) is 10.5 Å². The molecule has 3 heteroatoms. The summed E-state index contributed by atoms with van der Waals surface area (Å²) in [5.41, 5.74) is 7.23. The van der Waals surface area contributed by atoms with Gasteiger partial charge in [-0.05, 0) is 25.8 Å². The number of hydrogen-bond donors (Lipinski definition) is 1. The monoisotopic (exact) mass is 264 g/mol. The van der Waals surface area contributed by atoms with Gasteiger partial charge in [0.15, 0.2) is 0 Å². The summed E-state index contributed by atoms with van der Waals surface area (Å²) in [7, 11) is 1.72. The molecule has 108 valence electrons. The second-order valence-electron chi connectivity index (χ2n) is 5.68. The van der Waals surface area contributed by atoms with Crippen LogP contribution in [0.4, 0.5) is 0 Å². The highest BCUT2D eigenvalue weighted by atomic mass is 16.5. The van der Waals surface area contributed by atoms with Crippen molar-refractivity contribution in [3.63, 3.8) is 0 Å². The zero-order valence-electron chi connectivity index (χ0n) is 12.9. The van der Waals surface area contributed by atoms with Gasteiger partial charge in [0.1, 0.15) is 5.75 Å². The van der Waals surface area contributed by atoms with Gasteiger partial charge in [-0.3, -0.25) is 4.90 Å². The lowest BCUT2D eigenvalue weighted by Crippen LogP contribution is -2.41. The molecule has 0 amide bonds. The molecule has 0 saturated carbocycles. The first kappa shape index (κ1) is 16.0. The van der Waals surface area contributed by atoms with Gasteiger partial charge < -0.3 is 10.5 Å². The number of methoxy groups -OCH3 is 1. The summed E-state index contributed by atoms with van der Waals surface area (Å²) in [5, 5.41) is 0. The molecule has 0 radical (unpaired) electrons. The summed E-state index contributed by atoms with van der Waals surface area (Å²) < 4.78 is 5.48. The highest BCUT2D eigenvalue weighted by molar-refractivity contribution is 5.36. The van der Waals surface area contributed by atoms with E-state index in [9.17, 15) is 0 Å². The van der Waals surface area contributed by atoms with Crippen LogP contribution in [0.1, 0.15) is 39.3 Å². The Bertz CT molecular complexity index is 377. The van der Waals surface area contributed by atoms with Crippen molar-refractivity contribution < 1.29 is 4.74 Å². The van der Waals surface area contributed by atoms with Crippen LogP contribution in [-0.4, -0.2) is 31.1 Å². The largest absolute Gasteiger partial charge is 0.496 e. The summed E-state index contributed by atoms with van der Waals surface area (Å²) in [6, 6.07) is 8.84. The smallest absolute Gasteiger partial charge is 0.123 e. The van der Waals surface area contributed by atoms with Crippen LogP contribution in [0.2, 0.25) is 0 Å². The third kappa shape index (κ3) is 4.22. The van der Waals surface area contributed by atoms with E-state index in [0.717, 1.165) is 12.3 Å². The van der Waals surface area contributed by atoms with Crippen molar-refractivity contribution in [1.82, 2.24) is 4.90 Å². The first-order valence-electron chi connectivity index (χ1n) is 7.10. The third-order valence-corrected chi connectivity index (χ3v) is 3.36. The molecule has 0 saturated heterocycles. The second-order valence-corrected chi connectivity index (χ2v) is 5.68. The van der Waals surface area contributed by atoms with Crippen molar-refractivity contribution >= 4 is 0 Å². The van der Waals surface area contributed by atoms with Gasteiger partial charge in [-0.2, -0.15) is 0 Å². The van der Waals surface area contributed by atoms with Crippen molar-refractivity contribution in [2.45, 2.75) is 39.8 Å². The number of hydrogen-bond acceptors (Lipinski definition) is 3. The second kappa shape index (κ2) is 7.51. The summed E-state index contributed by atoms with van der Waals surface area (Å²) in [6.45, 7) is 10.6. The molecular weight excluding hydrogens is 236 g/mol. The number of para-hydroxylation sites is 1. The third-order valence-electron chi connectivity index (χ3n) is 3.36. The van der Waals surface area contributed by atoms with Crippen LogP contribution in [0.5, 0.6) is 5.75 Å². The average molecular weight is 264 g/mol. The molecule has 0 bridgehead atoms. The molecule has 0 heterocycles. The quantitative estimate of drug-likeness (QED) is 0.822. The van der Waals surface area contributed by atoms with Gasteiger partial charge in [-0.25, -0.2) is 0 Å². The number of rotatable bonds is 7. The summed E-state index contributed by atoms with van der Waals surface area (Å²) in [5.74, 6) is 1.54. The molecule has 0 aliphatic heterocycles. The molecule has 0 aromatic heterocycles. The maximum absolute atomic E-state index is 6.05. The minimum absolute atomic E-state index is 0.207. The normalized spacial score (nSPS) is 13.3. The van der Waals surface area contributed by atoms with Crippen LogP contribution >= 0.6 is 0 Å². The van der Waals surface area contributed by atoms with Crippen molar-refractivity contribution in [3.05, 3.63) is 29.8 Å². The Morgan fingerprint density at radius 2 is 1.79 bits per heavy atom. The molecule has 0 aliphatic carbocycles. The van der Waals surface area contributed by atoms with E-state index in [1.807, 2.05) is 18.2 Å². The summed E-state index contributed by atoms with van der Waals surface area (Å²) in [6.07, 6.45) is 0. The van der Waals surface area contributed by atoms with Crippen molar-refractivity contribution in [3.8, 4) is 5.75 Å². The van der Waals surface area contributed by atoms with E-state index in [0.29, 0.717) is 18.5 Å². The lowest BCUT2D eigenvalue weighted by atomic mass is 10.0. The van der Waals surface area contributed by atoms with Crippen molar-refractivity contribution in [2.75, 3.05) is 20.2 Å². The number of nitrogens with two attached hydrogens (primary N) is 1. The van der Waals surface area contributed by atoms with Crippen molar-refractivity contribution in [2.24, 2.45) is 11.7 Å². The van der Waals surface area contributed by atoms with E-state index in [2.05, 4.69) is 38.7 Å². The van der Waals surface area contributed by atoms with Crippen LogP contribution < -0.4 is 10.5 Å². The predicted molar refractivity (Wildman–Crippen MR) is 81.5 cm³/mol. The number of benzene rings is 1. The van der Waals surface area contributed by atoms with Crippen LogP contribution in [0.3, 0.4) is 0 Å². The number of ether oxygens (including phenoxy) is 1. The molecule has 0 aliphatic rings. The molecule has 1 unspecified atom stereocenters. The predicted octanol–water partition coefficient (Wildman–Crippen LogP) is 3.06. The van der Waals surface area contributed by atoms with Gasteiger partial charge in [-0.15, -0.1) is 0 Å². The summed E-state index contributed by atoms with van der Waals surface area (Å²) >= 11 is 0. The molecule has 0 fully saturated rings. The molecule has 1 rings (SSSR count). The molecule has 0 spiro atoms. The molecular formula is C16H28N2O. The van der Waals surface area contributed by atoms with E-state index in [-0.39, 0.29) is 6.04 Å². The lowest BCUT2D eigenvalue weighted by molar-refractivity contribution is 0.136. The maximum atomic E-state index is 6.05. The van der Waals surface area contributed by atoms with Gasteiger partial charge in [0, 0.05) is 24.7 Å². The minimum atomic E-state index is 0.207. The first-order valence-corrected chi connectivity index (χ1v) is 7.10. The van der Waals surface area contributed by atoms with Gasteiger partial charge in [0.05, 0.1) is 13.2 Å². The van der Waals surface area contributed by atoms with Crippen LogP contribution in [-0.2, 0) is 0 Å². The Morgan fingerprint density at radius 3 is 2.26 bits per heavy atom. The highest BCUT2D eigenvalue weighted by Crippen LogP contribution is 2.30. The molecule has 1 atom stereocenters. The van der Waals surface area contributed by atoms with E-state index in [1.54, 1.807) is 7.11 Å². The Balaban J connectivity index is 3.08. The molecule has 2 N–H and O–H groups in total. The van der Waals surface area contributed by atoms with E-state index in [1.165, 1.54) is 5.56 Å². The van der Waals surface area contributed by atoms with Gasteiger partial charge >= 0.3 is 0 Å². The average Bonchev–Trinajstić information content (AvgIpc) is 2.38. The SMILES string of the molecule is COc1ccccc1C(CN)N(CC(C)C)C(C)C. The van der Waals surface area contributed by atoms with Gasteiger partial charge in [0.2, 0.25) is 0 Å². The zero-order valence-corrected chi connectivity index (χ0v) is 12.9. The molecule has 3 nitrogen and oxygen atoms in total. The topological polar surface area (TPSA) is 38.5 Å². The Morgan fingerprint density at radius 1 is 1.16 bits per heavy atom. The minimum Gasteiger partial charge on any atom is -0.496 e. The van der Waals surface area contributed by atoms with Crippen LogP contribution in [0.25, 0.3) is 0 Å². The van der Waals surface area contributed by atoms with E-state index >= 15 is 0 Å². The van der Waals surface area contributed by atoms with Gasteiger partial charge in [-0.1, -0.05) is 32.0 Å². The van der Waals surface area contributed by atoms with E-state index < -0.39 is 0 Å². The molecule has 19 heavy (non-hydrogen) atoms.